The fraction of sp³-hybridized carbons (Fsp3) is 0.250. The lowest BCUT2D eigenvalue weighted by molar-refractivity contribution is 0.0601. The van der Waals surface area contributed by atoms with Gasteiger partial charge in [0.15, 0.2) is 0 Å². The zero-order valence-electron chi connectivity index (χ0n) is 9.88. The molecule has 2 N–H and O–H groups in total. The van der Waals surface area contributed by atoms with E-state index in [9.17, 15) is 4.79 Å². The van der Waals surface area contributed by atoms with Gasteiger partial charge in [0.2, 0.25) is 0 Å². The molecule has 0 aliphatic carbocycles. The monoisotopic (exact) mass is 244 g/mol. The van der Waals surface area contributed by atoms with Crippen molar-refractivity contribution < 1.29 is 9.53 Å². The molecular weight excluding hydrogens is 232 g/mol. The second kappa shape index (κ2) is 6.12. The molecule has 1 rings (SSSR count). The molecule has 18 heavy (non-hydrogen) atoms. The van der Waals surface area contributed by atoms with Gasteiger partial charge in [0, 0.05) is 0 Å². The molecule has 0 aliphatic rings. The van der Waals surface area contributed by atoms with Crippen molar-refractivity contribution in [3.63, 3.8) is 0 Å². The van der Waals surface area contributed by atoms with Crippen LogP contribution in [0.2, 0.25) is 0 Å². The Labute approximate surface area is 105 Å². The Balaban J connectivity index is 3.08. The molecular formula is C12H12N4O2. The summed E-state index contributed by atoms with van der Waals surface area (Å²) in [6.45, 7) is 0.102. The molecule has 6 nitrogen and oxygen atoms in total. The predicted octanol–water partition coefficient (Wildman–Crippen LogP) is 0.909. The van der Waals surface area contributed by atoms with Gasteiger partial charge in [0.05, 0.1) is 36.2 Å². The van der Waals surface area contributed by atoms with Crippen LogP contribution in [0.15, 0.2) is 18.2 Å². The second-order valence-electron chi connectivity index (χ2n) is 3.44. The summed E-state index contributed by atoms with van der Waals surface area (Å²) in [4.78, 5) is 12.8. The zero-order chi connectivity index (χ0) is 13.5. The number of nitrogens with two attached hydrogens (primary N) is 1. The van der Waals surface area contributed by atoms with Crippen molar-refractivity contribution in [2.24, 2.45) is 0 Å². The van der Waals surface area contributed by atoms with E-state index in [1.807, 2.05) is 12.1 Å². The Bertz CT molecular complexity index is 512. The summed E-state index contributed by atoms with van der Waals surface area (Å²) < 4.78 is 4.57. The molecule has 0 aliphatic heterocycles. The van der Waals surface area contributed by atoms with Crippen LogP contribution in [0.5, 0.6) is 0 Å². The van der Waals surface area contributed by atoms with Gasteiger partial charge in [-0.1, -0.05) is 0 Å². The number of carbonyl (C=O) groups excluding carboxylic acids is 1. The van der Waals surface area contributed by atoms with Crippen LogP contribution in [0, 0.1) is 22.7 Å². The third kappa shape index (κ3) is 2.89. The third-order valence-corrected chi connectivity index (χ3v) is 2.31. The largest absolute Gasteiger partial charge is 0.465 e. The van der Waals surface area contributed by atoms with Gasteiger partial charge in [0.1, 0.15) is 13.1 Å². The van der Waals surface area contributed by atoms with E-state index >= 15 is 0 Å². The van der Waals surface area contributed by atoms with Gasteiger partial charge in [0.25, 0.3) is 0 Å². The molecule has 92 valence electrons. The molecule has 0 fully saturated rings. The minimum absolute atomic E-state index is 0.0509. The first-order valence-electron chi connectivity index (χ1n) is 5.10. The fourth-order valence-corrected chi connectivity index (χ4v) is 1.48. The van der Waals surface area contributed by atoms with Gasteiger partial charge >= 0.3 is 5.97 Å². The van der Waals surface area contributed by atoms with Crippen molar-refractivity contribution in [1.82, 2.24) is 0 Å². The first-order chi connectivity index (χ1) is 8.63. The number of ether oxygens (including phenoxy) is 1. The maximum atomic E-state index is 11.3. The molecule has 1 aromatic carbocycles. The van der Waals surface area contributed by atoms with Crippen LogP contribution in [-0.4, -0.2) is 26.2 Å². The normalized spacial score (nSPS) is 9.06. The highest BCUT2D eigenvalue weighted by Gasteiger charge is 2.12. The van der Waals surface area contributed by atoms with Crippen LogP contribution in [0.25, 0.3) is 0 Å². The molecule has 0 radical (unpaired) electrons. The molecule has 6 heteroatoms. The van der Waals surface area contributed by atoms with Gasteiger partial charge in [-0.05, 0) is 18.2 Å². The van der Waals surface area contributed by atoms with Crippen LogP contribution in [0.3, 0.4) is 0 Å². The van der Waals surface area contributed by atoms with Crippen LogP contribution < -0.4 is 10.6 Å². The highest BCUT2D eigenvalue weighted by Crippen LogP contribution is 2.24. The fourth-order valence-electron chi connectivity index (χ4n) is 1.48. The number of methoxy groups -OCH3 is 1. The molecule has 1 aromatic rings. The average molecular weight is 244 g/mol. The van der Waals surface area contributed by atoms with E-state index in [2.05, 4.69) is 4.74 Å². The highest BCUT2D eigenvalue weighted by atomic mass is 16.5. The second-order valence-corrected chi connectivity index (χ2v) is 3.44. The number of rotatable bonds is 4. The van der Waals surface area contributed by atoms with Gasteiger partial charge in [-0.3, -0.25) is 0 Å². The van der Waals surface area contributed by atoms with E-state index in [4.69, 9.17) is 16.3 Å². The Morgan fingerprint density at radius 1 is 1.39 bits per heavy atom. The van der Waals surface area contributed by atoms with Crippen molar-refractivity contribution in [1.29, 1.82) is 10.5 Å². The van der Waals surface area contributed by atoms with Gasteiger partial charge in [-0.15, -0.1) is 0 Å². The molecule has 0 unspecified atom stereocenters. The van der Waals surface area contributed by atoms with E-state index in [-0.39, 0.29) is 13.1 Å². The molecule has 0 saturated carbocycles. The molecule has 0 bridgehead atoms. The number of nitriles is 2. The summed E-state index contributed by atoms with van der Waals surface area (Å²) in [5.74, 6) is -0.486. The SMILES string of the molecule is COC(=O)c1ccc(N(CC#N)CC#N)c(N)c1. The first kappa shape index (κ1) is 13.3. The van der Waals surface area contributed by atoms with Crippen LogP contribution in [-0.2, 0) is 4.74 Å². The number of nitrogens with zero attached hydrogens (tertiary/aromatic N) is 3. The Morgan fingerprint density at radius 2 is 2.00 bits per heavy atom. The molecule has 0 saturated heterocycles. The number of carbonyl (C=O) groups is 1. The summed E-state index contributed by atoms with van der Waals surface area (Å²) >= 11 is 0. The van der Waals surface area contributed by atoms with Crippen molar-refractivity contribution in [3.05, 3.63) is 23.8 Å². The summed E-state index contributed by atoms with van der Waals surface area (Å²) in [6, 6.07) is 8.50. The predicted molar refractivity (Wildman–Crippen MR) is 65.6 cm³/mol. The van der Waals surface area contributed by atoms with E-state index in [1.54, 1.807) is 12.1 Å². The first-order valence-corrected chi connectivity index (χ1v) is 5.10. The summed E-state index contributed by atoms with van der Waals surface area (Å²) in [7, 11) is 1.28. The van der Waals surface area contributed by atoms with Crippen molar-refractivity contribution in [3.8, 4) is 12.1 Å². The number of benzene rings is 1. The van der Waals surface area contributed by atoms with Crippen LogP contribution in [0.4, 0.5) is 11.4 Å². The zero-order valence-corrected chi connectivity index (χ0v) is 9.88. The molecule has 0 heterocycles. The lowest BCUT2D eigenvalue weighted by Gasteiger charge is -2.20. The van der Waals surface area contributed by atoms with Gasteiger partial charge in [-0.25, -0.2) is 4.79 Å². The number of esters is 1. The summed E-state index contributed by atoms with van der Waals surface area (Å²) in [5, 5.41) is 17.4. The van der Waals surface area contributed by atoms with E-state index in [0.29, 0.717) is 16.9 Å². The van der Waals surface area contributed by atoms with E-state index in [1.165, 1.54) is 18.1 Å². The Kier molecular flexibility index (Phi) is 4.53. The lowest BCUT2D eigenvalue weighted by Crippen LogP contribution is -2.24. The maximum Gasteiger partial charge on any atom is 0.337 e. The molecule has 0 atom stereocenters. The lowest BCUT2D eigenvalue weighted by atomic mass is 10.1. The quantitative estimate of drug-likeness (QED) is 0.479. The third-order valence-electron chi connectivity index (χ3n) is 2.31. The topological polar surface area (TPSA) is 103 Å². The Hall–Kier alpha value is -2.73. The van der Waals surface area contributed by atoms with Crippen molar-refractivity contribution >= 4 is 17.3 Å². The van der Waals surface area contributed by atoms with E-state index in [0.717, 1.165) is 0 Å². The molecule has 0 aromatic heterocycles. The minimum Gasteiger partial charge on any atom is -0.465 e. The molecule has 0 amide bonds. The number of anilines is 2. The number of hydrogen-bond acceptors (Lipinski definition) is 6. The van der Waals surface area contributed by atoms with Gasteiger partial charge in [-0.2, -0.15) is 10.5 Å². The van der Waals surface area contributed by atoms with Crippen LogP contribution >= 0.6 is 0 Å². The van der Waals surface area contributed by atoms with Crippen LogP contribution in [0.1, 0.15) is 10.4 Å². The van der Waals surface area contributed by atoms with Crippen molar-refractivity contribution in [2.45, 2.75) is 0 Å². The average Bonchev–Trinajstić information content (AvgIpc) is 2.37. The minimum atomic E-state index is -0.486. The van der Waals surface area contributed by atoms with Crippen molar-refractivity contribution in [2.75, 3.05) is 30.8 Å². The molecule has 0 spiro atoms. The standard InChI is InChI=1S/C12H12N4O2/c1-18-12(17)9-2-3-11(10(15)8-9)16(6-4-13)7-5-14/h2-3,8H,6-7,15H2,1H3. The summed E-state index contributed by atoms with van der Waals surface area (Å²) in [6.07, 6.45) is 0. The maximum absolute atomic E-state index is 11.3. The summed E-state index contributed by atoms with van der Waals surface area (Å²) in [5.41, 5.74) is 7.00. The number of hydrogen-bond donors (Lipinski definition) is 1. The van der Waals surface area contributed by atoms with Gasteiger partial charge < -0.3 is 15.4 Å². The Morgan fingerprint density at radius 3 is 2.44 bits per heavy atom. The van der Waals surface area contributed by atoms with E-state index < -0.39 is 5.97 Å². The highest BCUT2D eigenvalue weighted by molar-refractivity contribution is 5.92. The smallest absolute Gasteiger partial charge is 0.337 e. The number of nitrogen functional groups attached to an aromatic ring is 1.